The van der Waals surface area contributed by atoms with Gasteiger partial charge in [0.1, 0.15) is 5.75 Å². The van der Waals surface area contributed by atoms with Crippen molar-refractivity contribution in [2.24, 2.45) is 0 Å². The fraction of sp³-hybridized carbons (Fsp3) is 0.500. The molecule has 0 bridgehead atoms. The predicted molar refractivity (Wildman–Crippen MR) is 101 cm³/mol. The first kappa shape index (κ1) is 24.4. The minimum absolute atomic E-state index is 0.0619. The molecule has 12 heteroatoms. The lowest BCUT2D eigenvalue weighted by molar-refractivity contribution is -0.204. The summed E-state index contributed by atoms with van der Waals surface area (Å²) in [5.74, 6) is -5.29. The summed E-state index contributed by atoms with van der Waals surface area (Å²) in [6.07, 6.45) is -11.1. The molecule has 2 aliphatic rings. The van der Waals surface area contributed by atoms with Crippen LogP contribution in [0.2, 0.25) is 5.02 Å². The van der Waals surface area contributed by atoms with E-state index in [4.69, 9.17) is 16.3 Å². The summed E-state index contributed by atoms with van der Waals surface area (Å²) in [7, 11) is 0. The molecule has 3 rings (SSSR count). The van der Waals surface area contributed by atoms with Gasteiger partial charge in [0.05, 0.1) is 5.57 Å². The van der Waals surface area contributed by atoms with Gasteiger partial charge in [0.25, 0.3) is 0 Å². The average molecular weight is 486 g/mol. The number of ether oxygens (including phenoxy) is 2. The quantitative estimate of drug-likeness (QED) is 0.341. The number of rotatable bonds is 3. The largest absolute Gasteiger partial charge is 0.491 e. The van der Waals surface area contributed by atoms with Gasteiger partial charge in [-0.3, -0.25) is 4.90 Å². The number of nitrogens with zero attached hydrogens (tertiary/aromatic N) is 1. The molecule has 5 nitrogen and oxygen atoms in total. The Bertz CT molecular complexity index is 949. The molecule has 0 aliphatic carbocycles. The molecule has 176 valence electrons. The van der Waals surface area contributed by atoms with Crippen molar-refractivity contribution in [1.82, 2.24) is 4.90 Å². The van der Waals surface area contributed by atoms with E-state index in [0.29, 0.717) is 18.2 Å². The molecule has 1 aromatic rings. The van der Waals surface area contributed by atoms with Gasteiger partial charge in [-0.1, -0.05) is 11.6 Å². The van der Waals surface area contributed by atoms with Crippen LogP contribution in [0.1, 0.15) is 37.8 Å². The van der Waals surface area contributed by atoms with Crippen LogP contribution in [-0.4, -0.2) is 47.4 Å². The smallest absolute Gasteiger partial charge is 0.475 e. The van der Waals surface area contributed by atoms with Gasteiger partial charge in [-0.15, -0.1) is 0 Å². The molecule has 2 aliphatic heterocycles. The molecule has 0 N–H and O–H groups in total. The zero-order valence-corrected chi connectivity index (χ0v) is 17.6. The van der Waals surface area contributed by atoms with Gasteiger partial charge >= 0.3 is 24.3 Å². The minimum Gasteiger partial charge on any atom is -0.475 e. The van der Waals surface area contributed by atoms with Crippen LogP contribution < -0.4 is 4.74 Å². The van der Waals surface area contributed by atoms with Crippen LogP contribution in [0.15, 0.2) is 17.7 Å². The maximum Gasteiger partial charge on any atom is 0.491 e. The molecule has 0 spiro atoms. The summed E-state index contributed by atoms with van der Waals surface area (Å²) >= 11 is 6.28. The summed E-state index contributed by atoms with van der Waals surface area (Å²) in [6, 6.07) is 3.05. The van der Waals surface area contributed by atoms with E-state index in [1.807, 2.05) is 13.8 Å². The van der Waals surface area contributed by atoms with Crippen molar-refractivity contribution in [1.29, 1.82) is 0 Å². The monoisotopic (exact) mass is 485 g/mol. The molecule has 2 heterocycles. The molecule has 1 saturated heterocycles. The summed E-state index contributed by atoms with van der Waals surface area (Å²) in [6.45, 7) is 4.40. The first-order valence-corrected chi connectivity index (χ1v) is 9.92. The first-order chi connectivity index (χ1) is 14.7. The normalized spacial score (nSPS) is 23.9. The highest BCUT2D eigenvalue weighted by molar-refractivity contribution is 6.31. The topological polar surface area (TPSA) is 55.8 Å². The minimum atomic E-state index is -5.56. The highest BCUT2D eigenvalue weighted by Crippen LogP contribution is 2.40. The number of esters is 2. The Morgan fingerprint density at radius 1 is 1.12 bits per heavy atom. The Morgan fingerprint density at radius 2 is 1.72 bits per heavy atom. The van der Waals surface area contributed by atoms with Gasteiger partial charge in [0, 0.05) is 29.2 Å². The van der Waals surface area contributed by atoms with Crippen LogP contribution in [-0.2, 0) is 20.9 Å². The molecule has 3 unspecified atom stereocenters. The van der Waals surface area contributed by atoms with Crippen LogP contribution in [0, 0.1) is 0 Å². The number of carbonyl (C=O) groups is 2. The second kappa shape index (κ2) is 8.58. The van der Waals surface area contributed by atoms with Crippen LogP contribution in [0.3, 0.4) is 0 Å². The molecule has 0 radical (unpaired) electrons. The van der Waals surface area contributed by atoms with E-state index in [2.05, 4.69) is 9.64 Å². The van der Waals surface area contributed by atoms with E-state index in [1.54, 1.807) is 0 Å². The number of carbonyl (C=O) groups excluding carboxylic acids is 2. The third-order valence-electron chi connectivity index (χ3n) is 5.45. The molecule has 0 aromatic heterocycles. The van der Waals surface area contributed by atoms with E-state index < -0.39 is 36.0 Å². The Kier molecular flexibility index (Phi) is 6.54. The number of benzene rings is 1. The molecule has 3 atom stereocenters. The fourth-order valence-corrected chi connectivity index (χ4v) is 3.98. The summed E-state index contributed by atoms with van der Waals surface area (Å²) in [4.78, 5) is 25.0. The summed E-state index contributed by atoms with van der Waals surface area (Å²) in [5.41, 5.74) is -0.861. The molecule has 1 fully saturated rings. The number of halogens is 7. The standard InChI is InChI=1S/C20H18ClF6NO4/c1-9-3-4-10(2)28(9)8-12-7-15-11(6-14(12)21)5-13(16(31-15)19(22,23)24)17(29)32-18(30)20(25,26)27/h5-7,9-10,16H,3-4,8H2,1-2H3. The number of likely N-dealkylation sites (tertiary alicyclic amines) is 1. The van der Waals surface area contributed by atoms with Crippen LogP contribution in [0.25, 0.3) is 6.08 Å². The van der Waals surface area contributed by atoms with E-state index in [0.717, 1.165) is 12.8 Å². The van der Waals surface area contributed by atoms with Crippen LogP contribution in [0.4, 0.5) is 26.3 Å². The number of fused-ring (bicyclic) bond motifs is 1. The van der Waals surface area contributed by atoms with Crippen molar-refractivity contribution < 1.29 is 45.4 Å². The van der Waals surface area contributed by atoms with Crippen molar-refractivity contribution in [2.45, 2.75) is 63.8 Å². The zero-order valence-electron chi connectivity index (χ0n) is 16.8. The predicted octanol–water partition coefficient (Wildman–Crippen LogP) is 5.05. The van der Waals surface area contributed by atoms with Crippen molar-refractivity contribution in [3.63, 3.8) is 0 Å². The van der Waals surface area contributed by atoms with Crippen molar-refractivity contribution >= 4 is 29.6 Å². The van der Waals surface area contributed by atoms with Gasteiger partial charge in [-0.05, 0) is 50.5 Å². The van der Waals surface area contributed by atoms with Gasteiger partial charge in [-0.2, -0.15) is 26.3 Å². The molecular formula is C20H18ClF6NO4. The van der Waals surface area contributed by atoms with Crippen LogP contribution in [0.5, 0.6) is 5.75 Å². The van der Waals surface area contributed by atoms with Gasteiger partial charge < -0.3 is 9.47 Å². The van der Waals surface area contributed by atoms with E-state index in [-0.39, 0.29) is 28.4 Å². The molecule has 32 heavy (non-hydrogen) atoms. The Hall–Kier alpha value is -2.27. The molecule has 1 aromatic carbocycles. The molecule has 0 saturated carbocycles. The maximum absolute atomic E-state index is 13.5. The lowest BCUT2D eigenvalue weighted by Gasteiger charge is -2.30. The molecular weight excluding hydrogens is 468 g/mol. The van der Waals surface area contributed by atoms with Crippen molar-refractivity contribution in [3.8, 4) is 5.75 Å². The summed E-state index contributed by atoms with van der Waals surface area (Å²) in [5, 5.41) is 0.180. The number of hydrogen-bond acceptors (Lipinski definition) is 5. The lowest BCUT2D eigenvalue weighted by atomic mass is 9.99. The third kappa shape index (κ3) is 5.03. The van der Waals surface area contributed by atoms with E-state index in [1.165, 1.54) is 12.1 Å². The Labute approximate surface area is 183 Å². The van der Waals surface area contributed by atoms with Gasteiger partial charge in [-0.25, -0.2) is 9.59 Å². The molecule has 0 amide bonds. The third-order valence-corrected chi connectivity index (χ3v) is 5.81. The van der Waals surface area contributed by atoms with Gasteiger partial charge in [0.15, 0.2) is 0 Å². The lowest BCUT2D eigenvalue weighted by Crippen LogP contribution is -2.42. The first-order valence-electron chi connectivity index (χ1n) is 9.55. The van der Waals surface area contributed by atoms with Crippen molar-refractivity contribution in [3.05, 3.63) is 33.9 Å². The van der Waals surface area contributed by atoms with Gasteiger partial charge in [0.2, 0.25) is 6.10 Å². The Morgan fingerprint density at radius 3 is 2.25 bits per heavy atom. The average Bonchev–Trinajstić information content (AvgIpc) is 2.98. The zero-order chi connectivity index (χ0) is 24.0. The maximum atomic E-state index is 13.5. The second-order valence-electron chi connectivity index (χ2n) is 7.74. The second-order valence-corrected chi connectivity index (χ2v) is 8.15. The van der Waals surface area contributed by atoms with E-state index >= 15 is 0 Å². The highest BCUT2D eigenvalue weighted by Gasteiger charge is 2.51. The SMILES string of the molecule is CC1CCC(C)N1Cc1cc2c(cc1Cl)C=C(C(=O)OC(=O)C(F)(F)F)C(C(F)(F)F)O2. The van der Waals surface area contributed by atoms with Crippen molar-refractivity contribution in [2.75, 3.05) is 0 Å². The highest BCUT2D eigenvalue weighted by atomic mass is 35.5. The fourth-order valence-electron chi connectivity index (χ4n) is 3.75. The van der Waals surface area contributed by atoms with Crippen LogP contribution >= 0.6 is 11.6 Å². The Balaban J connectivity index is 1.95. The summed E-state index contributed by atoms with van der Waals surface area (Å²) < 4.78 is 86.1. The number of alkyl halides is 6. The number of hydrogen-bond donors (Lipinski definition) is 0. The van der Waals surface area contributed by atoms with E-state index in [9.17, 15) is 35.9 Å².